The van der Waals surface area contributed by atoms with E-state index < -0.39 is 0 Å². The minimum atomic E-state index is -0.338. The third kappa shape index (κ3) is 2.60. The molecular weight excluding hydrogens is 183 g/mol. The Morgan fingerprint density at radius 2 is 2.29 bits per heavy atom. The van der Waals surface area contributed by atoms with Gasteiger partial charge in [0.1, 0.15) is 5.82 Å². The fourth-order valence-corrected chi connectivity index (χ4v) is 1.15. The summed E-state index contributed by atoms with van der Waals surface area (Å²) in [5, 5.41) is 11.9. The molecule has 0 spiro atoms. The van der Waals surface area contributed by atoms with E-state index in [1.165, 1.54) is 18.2 Å². The molecule has 0 aliphatic rings. The molecule has 4 N–H and O–H groups in total. The number of hydrogen-bond donors (Lipinski definition) is 3. The topological polar surface area (TPSA) is 58.3 Å². The van der Waals surface area contributed by atoms with E-state index in [1.807, 2.05) is 6.92 Å². The summed E-state index contributed by atoms with van der Waals surface area (Å²) in [6.45, 7) is 1.94. The Balaban J connectivity index is 2.79. The van der Waals surface area contributed by atoms with Crippen molar-refractivity contribution in [2.24, 2.45) is 0 Å². The maximum atomic E-state index is 12.8. The molecule has 78 valence electrons. The predicted molar refractivity (Wildman–Crippen MR) is 55.6 cm³/mol. The number of hydrogen-bond acceptors (Lipinski definition) is 3. The van der Waals surface area contributed by atoms with Gasteiger partial charge in [-0.2, -0.15) is 0 Å². The highest BCUT2D eigenvalue weighted by Gasteiger charge is 2.07. The van der Waals surface area contributed by atoms with Crippen molar-refractivity contribution in [1.29, 1.82) is 0 Å². The molecule has 0 aromatic heterocycles. The summed E-state index contributed by atoms with van der Waals surface area (Å²) in [5.74, 6) is -0.338. The molecule has 1 unspecified atom stereocenters. The lowest BCUT2D eigenvalue weighted by Gasteiger charge is -2.16. The molecule has 4 heteroatoms. The quantitative estimate of drug-likeness (QED) is 0.644. The molecule has 1 atom stereocenters. The van der Waals surface area contributed by atoms with Crippen molar-refractivity contribution in [2.75, 3.05) is 17.7 Å². The van der Waals surface area contributed by atoms with Crippen molar-refractivity contribution < 1.29 is 9.50 Å². The lowest BCUT2D eigenvalue weighted by atomic mass is 10.2. The van der Waals surface area contributed by atoms with E-state index in [2.05, 4.69) is 5.32 Å². The van der Waals surface area contributed by atoms with Crippen molar-refractivity contribution in [3.8, 4) is 0 Å². The van der Waals surface area contributed by atoms with E-state index in [1.54, 1.807) is 0 Å². The first-order chi connectivity index (χ1) is 6.67. The molecule has 1 aromatic rings. The number of benzene rings is 1. The molecule has 0 heterocycles. The van der Waals surface area contributed by atoms with Crippen LogP contribution in [0.1, 0.15) is 13.3 Å². The Morgan fingerprint density at radius 3 is 2.86 bits per heavy atom. The van der Waals surface area contributed by atoms with E-state index in [0.717, 1.165) is 6.42 Å². The molecule has 0 radical (unpaired) electrons. The van der Waals surface area contributed by atoms with Gasteiger partial charge >= 0.3 is 0 Å². The smallest absolute Gasteiger partial charge is 0.125 e. The van der Waals surface area contributed by atoms with E-state index >= 15 is 0 Å². The fourth-order valence-electron chi connectivity index (χ4n) is 1.15. The number of anilines is 2. The highest BCUT2D eigenvalue weighted by Crippen LogP contribution is 2.20. The lowest BCUT2D eigenvalue weighted by Crippen LogP contribution is -2.23. The van der Waals surface area contributed by atoms with Crippen LogP contribution in [0.4, 0.5) is 15.8 Å². The molecule has 0 aliphatic heterocycles. The summed E-state index contributed by atoms with van der Waals surface area (Å²) >= 11 is 0. The van der Waals surface area contributed by atoms with Crippen LogP contribution in [-0.4, -0.2) is 17.8 Å². The van der Waals surface area contributed by atoms with Crippen LogP contribution in [0, 0.1) is 5.82 Å². The fraction of sp³-hybridized carbons (Fsp3) is 0.400. The van der Waals surface area contributed by atoms with Gasteiger partial charge in [-0.15, -0.1) is 0 Å². The largest absolute Gasteiger partial charge is 0.397 e. The Kier molecular flexibility index (Phi) is 3.71. The van der Waals surface area contributed by atoms with Crippen molar-refractivity contribution in [2.45, 2.75) is 19.4 Å². The second-order valence-electron chi connectivity index (χ2n) is 3.16. The monoisotopic (exact) mass is 198 g/mol. The maximum Gasteiger partial charge on any atom is 0.125 e. The molecule has 0 aliphatic carbocycles. The summed E-state index contributed by atoms with van der Waals surface area (Å²) in [7, 11) is 0. The molecule has 0 saturated heterocycles. The first kappa shape index (κ1) is 10.8. The van der Waals surface area contributed by atoms with Crippen LogP contribution in [0.25, 0.3) is 0 Å². The average Bonchev–Trinajstić information content (AvgIpc) is 2.19. The molecule has 14 heavy (non-hydrogen) atoms. The van der Waals surface area contributed by atoms with E-state index in [-0.39, 0.29) is 18.5 Å². The van der Waals surface area contributed by atoms with Gasteiger partial charge in [0, 0.05) is 6.04 Å². The van der Waals surface area contributed by atoms with Gasteiger partial charge in [-0.3, -0.25) is 0 Å². The van der Waals surface area contributed by atoms with Crippen molar-refractivity contribution in [1.82, 2.24) is 0 Å². The first-order valence-corrected chi connectivity index (χ1v) is 4.59. The van der Waals surface area contributed by atoms with Crippen LogP contribution < -0.4 is 11.1 Å². The van der Waals surface area contributed by atoms with Gasteiger partial charge < -0.3 is 16.2 Å². The van der Waals surface area contributed by atoms with E-state index in [0.29, 0.717) is 11.4 Å². The number of nitrogens with one attached hydrogen (secondary N) is 1. The first-order valence-electron chi connectivity index (χ1n) is 4.59. The summed E-state index contributed by atoms with van der Waals surface area (Å²) in [6.07, 6.45) is 0.756. The van der Waals surface area contributed by atoms with Crippen molar-refractivity contribution >= 4 is 11.4 Å². The minimum absolute atomic E-state index is 0.00640. The number of nitrogen functional groups attached to an aromatic ring is 1. The van der Waals surface area contributed by atoms with Crippen LogP contribution in [-0.2, 0) is 0 Å². The summed E-state index contributed by atoms with van der Waals surface area (Å²) in [5.41, 5.74) is 6.65. The Morgan fingerprint density at radius 1 is 1.57 bits per heavy atom. The van der Waals surface area contributed by atoms with Crippen LogP contribution in [0.3, 0.4) is 0 Å². The van der Waals surface area contributed by atoms with Gasteiger partial charge in [-0.05, 0) is 24.6 Å². The summed E-state index contributed by atoms with van der Waals surface area (Å²) in [6, 6.07) is 4.05. The average molecular weight is 198 g/mol. The summed E-state index contributed by atoms with van der Waals surface area (Å²) in [4.78, 5) is 0. The molecule has 0 bridgehead atoms. The summed E-state index contributed by atoms with van der Waals surface area (Å²) < 4.78 is 12.8. The van der Waals surface area contributed by atoms with Crippen LogP contribution in [0.15, 0.2) is 18.2 Å². The van der Waals surface area contributed by atoms with E-state index in [9.17, 15) is 4.39 Å². The van der Waals surface area contributed by atoms with Crippen molar-refractivity contribution in [3.63, 3.8) is 0 Å². The highest BCUT2D eigenvalue weighted by molar-refractivity contribution is 5.66. The zero-order valence-electron chi connectivity index (χ0n) is 8.13. The SMILES string of the molecule is CCC(CO)Nc1cc(F)ccc1N. The second-order valence-corrected chi connectivity index (χ2v) is 3.16. The molecule has 0 amide bonds. The maximum absolute atomic E-state index is 12.8. The van der Waals surface area contributed by atoms with Gasteiger partial charge in [0.2, 0.25) is 0 Å². The zero-order chi connectivity index (χ0) is 10.6. The Bertz CT molecular complexity index is 300. The molecule has 1 rings (SSSR count). The molecule has 1 aromatic carbocycles. The lowest BCUT2D eigenvalue weighted by molar-refractivity contribution is 0.272. The van der Waals surface area contributed by atoms with Gasteiger partial charge in [-0.1, -0.05) is 6.92 Å². The standard InChI is InChI=1S/C10H15FN2O/c1-2-8(6-14)13-10-5-7(11)3-4-9(10)12/h3-5,8,13-14H,2,6,12H2,1H3. The molecular formula is C10H15FN2O. The van der Waals surface area contributed by atoms with Crippen molar-refractivity contribution in [3.05, 3.63) is 24.0 Å². The molecule has 0 fully saturated rings. The normalized spacial score (nSPS) is 12.5. The minimum Gasteiger partial charge on any atom is -0.397 e. The number of aliphatic hydroxyl groups excluding tert-OH is 1. The number of halogens is 1. The van der Waals surface area contributed by atoms with Crippen LogP contribution in [0.5, 0.6) is 0 Å². The Labute approximate surface area is 82.7 Å². The van der Waals surface area contributed by atoms with E-state index in [4.69, 9.17) is 10.8 Å². The number of nitrogens with two attached hydrogens (primary N) is 1. The second kappa shape index (κ2) is 4.81. The predicted octanol–water partition coefficient (Wildman–Crippen LogP) is 1.59. The zero-order valence-corrected chi connectivity index (χ0v) is 8.13. The van der Waals surface area contributed by atoms with Gasteiger partial charge in [0.25, 0.3) is 0 Å². The number of aliphatic hydroxyl groups is 1. The molecule has 3 nitrogen and oxygen atoms in total. The number of rotatable bonds is 4. The Hall–Kier alpha value is -1.29. The third-order valence-electron chi connectivity index (χ3n) is 2.09. The third-order valence-corrected chi connectivity index (χ3v) is 2.09. The molecule has 0 saturated carbocycles. The highest BCUT2D eigenvalue weighted by atomic mass is 19.1. The van der Waals surface area contributed by atoms with Gasteiger partial charge in [0.05, 0.1) is 18.0 Å². The van der Waals surface area contributed by atoms with Gasteiger partial charge in [-0.25, -0.2) is 4.39 Å². The van der Waals surface area contributed by atoms with Gasteiger partial charge in [0.15, 0.2) is 0 Å². The van der Waals surface area contributed by atoms with Crippen LogP contribution in [0.2, 0.25) is 0 Å². The van der Waals surface area contributed by atoms with Crippen LogP contribution >= 0.6 is 0 Å².